The number of ketones is 1. The minimum atomic E-state index is -0.269. The van der Waals surface area contributed by atoms with Crippen molar-refractivity contribution in [3.05, 3.63) is 0 Å². The third-order valence-electron chi connectivity index (χ3n) is 0.646. The number of rotatable bonds is 1. The van der Waals surface area contributed by atoms with Gasteiger partial charge in [0.1, 0.15) is 5.71 Å². The first-order valence-electron chi connectivity index (χ1n) is 1.86. The van der Waals surface area contributed by atoms with E-state index in [9.17, 15) is 10.0 Å². The Kier molecular flexibility index (Phi) is 2.05. The van der Waals surface area contributed by atoms with Crippen LogP contribution in [0.15, 0.2) is 5.16 Å². The Bertz CT molecular complexity index is 106. The van der Waals surface area contributed by atoms with E-state index in [1.165, 1.54) is 13.8 Å². The molecule has 0 amide bonds. The van der Waals surface area contributed by atoms with Gasteiger partial charge in [-0.25, -0.2) is 0 Å². The molecule has 0 N–H and O–H groups in total. The summed E-state index contributed by atoms with van der Waals surface area (Å²) in [6.07, 6.45) is 0. The van der Waals surface area contributed by atoms with Crippen LogP contribution < -0.4 is 0 Å². The molecule has 7 heavy (non-hydrogen) atoms. The number of carbonyl (C=O) groups is 1. The summed E-state index contributed by atoms with van der Waals surface area (Å²) in [5, 5.41) is 11.8. The van der Waals surface area contributed by atoms with Gasteiger partial charge >= 0.3 is 0 Å². The van der Waals surface area contributed by atoms with Crippen molar-refractivity contribution in [3.8, 4) is 0 Å². The molecule has 3 heteroatoms. The number of carbonyl (C=O) groups excluding carboxylic acids is 1. The van der Waals surface area contributed by atoms with Crippen molar-refractivity contribution in [3.63, 3.8) is 0 Å². The molecule has 0 aliphatic carbocycles. The molecule has 0 unspecified atom stereocenters. The lowest BCUT2D eigenvalue weighted by Gasteiger charge is -1.79. The van der Waals surface area contributed by atoms with Gasteiger partial charge in [-0.2, -0.15) is 0 Å². The van der Waals surface area contributed by atoms with Crippen molar-refractivity contribution in [2.75, 3.05) is 0 Å². The van der Waals surface area contributed by atoms with Crippen LogP contribution >= 0.6 is 0 Å². The van der Waals surface area contributed by atoms with Gasteiger partial charge in [0.25, 0.3) is 0 Å². The van der Waals surface area contributed by atoms with Crippen molar-refractivity contribution in [1.82, 2.24) is 0 Å². The second kappa shape index (κ2) is 2.34. The fourth-order valence-corrected chi connectivity index (χ4v) is 0.0643. The molecule has 0 aliphatic heterocycles. The lowest BCUT2D eigenvalue weighted by molar-refractivity contribution is -0.111. The van der Waals surface area contributed by atoms with Crippen molar-refractivity contribution >= 4 is 11.5 Å². The molecule has 0 rings (SSSR count). The second-order valence-corrected chi connectivity index (χ2v) is 1.23. The highest BCUT2D eigenvalue weighted by Gasteiger charge is 1.95. The minimum absolute atomic E-state index is 0.0278. The summed E-state index contributed by atoms with van der Waals surface area (Å²) in [6, 6.07) is 0. The first kappa shape index (κ1) is 6.14. The van der Waals surface area contributed by atoms with Crippen molar-refractivity contribution < 1.29 is 10.0 Å². The van der Waals surface area contributed by atoms with Crippen molar-refractivity contribution in [1.29, 1.82) is 0 Å². The van der Waals surface area contributed by atoms with Crippen LogP contribution in [0.5, 0.6) is 0 Å². The maximum atomic E-state index is 10.0. The van der Waals surface area contributed by atoms with Crippen LogP contribution in [0.3, 0.4) is 0 Å². The standard InChI is InChI=1S/C4H6NO2/c1-3(5-7)4(2)6/h1-2H3/b5-3+. The molecule has 0 bridgehead atoms. The van der Waals surface area contributed by atoms with E-state index in [2.05, 4.69) is 5.16 Å². The Labute approximate surface area is 41.6 Å². The Hall–Kier alpha value is -0.860. The molecule has 0 saturated heterocycles. The van der Waals surface area contributed by atoms with E-state index in [1.54, 1.807) is 0 Å². The van der Waals surface area contributed by atoms with Gasteiger partial charge in [0, 0.05) is 6.92 Å². The quantitative estimate of drug-likeness (QED) is 0.347. The first-order valence-corrected chi connectivity index (χ1v) is 1.86. The van der Waals surface area contributed by atoms with Crippen LogP contribution in [-0.2, 0) is 10.0 Å². The third-order valence-corrected chi connectivity index (χ3v) is 0.646. The summed E-state index contributed by atoms with van der Waals surface area (Å²) < 4.78 is 0. The zero-order chi connectivity index (χ0) is 5.86. The average Bonchev–Trinajstić information content (AvgIpc) is 1.65. The molecule has 0 spiro atoms. The van der Waals surface area contributed by atoms with Gasteiger partial charge in [-0.1, -0.05) is 0 Å². The fraction of sp³-hybridized carbons (Fsp3) is 0.500. The maximum Gasteiger partial charge on any atom is 0.177 e. The Balaban J connectivity index is 3.82. The summed E-state index contributed by atoms with van der Waals surface area (Å²) in [4.78, 5) is 10.0. The third kappa shape index (κ3) is 1.92. The molecule has 1 radical (unpaired) electrons. The summed E-state index contributed by atoms with van der Waals surface area (Å²) in [5.74, 6) is -0.269. The summed E-state index contributed by atoms with van der Waals surface area (Å²) in [6.45, 7) is 2.69. The van der Waals surface area contributed by atoms with Crippen LogP contribution in [0.4, 0.5) is 0 Å². The van der Waals surface area contributed by atoms with E-state index >= 15 is 0 Å². The molecule has 0 aliphatic rings. The normalized spacial score (nSPS) is 11.4. The van der Waals surface area contributed by atoms with Gasteiger partial charge in [0.15, 0.2) is 5.78 Å². The lowest BCUT2D eigenvalue weighted by atomic mass is 10.3. The van der Waals surface area contributed by atoms with Crippen molar-refractivity contribution in [2.45, 2.75) is 13.8 Å². The maximum absolute atomic E-state index is 10.0. The van der Waals surface area contributed by atoms with E-state index in [0.717, 1.165) is 0 Å². The summed E-state index contributed by atoms with van der Waals surface area (Å²) in [5.41, 5.74) is 0.0278. The highest BCUT2D eigenvalue weighted by Crippen LogP contribution is 1.74. The Morgan fingerprint density at radius 3 is 1.86 bits per heavy atom. The van der Waals surface area contributed by atoms with Gasteiger partial charge in [0.2, 0.25) is 0 Å². The lowest BCUT2D eigenvalue weighted by Crippen LogP contribution is -2.02. The van der Waals surface area contributed by atoms with Crippen LogP contribution in [0.1, 0.15) is 13.8 Å². The zero-order valence-electron chi connectivity index (χ0n) is 4.26. The molecule has 39 valence electrons. The van der Waals surface area contributed by atoms with Crippen LogP contribution in [0, 0.1) is 0 Å². The molecule has 0 fully saturated rings. The predicted molar refractivity (Wildman–Crippen MR) is 24.5 cm³/mol. The smallest absolute Gasteiger partial charge is 0.177 e. The number of nitrogens with zero attached hydrogens (tertiary/aromatic N) is 1. The van der Waals surface area contributed by atoms with Gasteiger partial charge < -0.3 is 0 Å². The minimum Gasteiger partial charge on any atom is -0.293 e. The van der Waals surface area contributed by atoms with Crippen molar-refractivity contribution in [2.24, 2.45) is 5.16 Å². The van der Waals surface area contributed by atoms with E-state index in [-0.39, 0.29) is 11.5 Å². The predicted octanol–water partition coefficient (Wildman–Crippen LogP) is 0.382. The average molecular weight is 100 g/mol. The molecular weight excluding hydrogens is 94.0 g/mol. The number of Topliss-reactive ketones (excluding diaryl/α,β-unsaturated/α-hetero) is 1. The first-order chi connectivity index (χ1) is 3.18. The Morgan fingerprint density at radius 1 is 1.43 bits per heavy atom. The molecule has 0 heterocycles. The summed E-state index contributed by atoms with van der Waals surface area (Å²) in [7, 11) is 0. The number of hydrogen-bond donors (Lipinski definition) is 0. The molecule has 0 atom stereocenters. The highest BCUT2D eigenvalue weighted by atomic mass is 16.4. The SMILES string of the molecule is CC(=O)/C(C)=N/[O]. The van der Waals surface area contributed by atoms with E-state index in [4.69, 9.17) is 0 Å². The fourth-order valence-electron chi connectivity index (χ4n) is 0.0643. The molecule has 0 aromatic rings. The zero-order valence-corrected chi connectivity index (χ0v) is 4.26. The van der Waals surface area contributed by atoms with Gasteiger partial charge in [0.05, 0.1) is 0 Å². The monoisotopic (exact) mass is 100 g/mol. The Morgan fingerprint density at radius 2 is 1.86 bits per heavy atom. The second-order valence-electron chi connectivity index (χ2n) is 1.23. The number of hydrogen-bond acceptors (Lipinski definition) is 2. The van der Waals surface area contributed by atoms with Crippen LogP contribution in [0.25, 0.3) is 0 Å². The van der Waals surface area contributed by atoms with Gasteiger partial charge in [-0.05, 0) is 12.1 Å². The van der Waals surface area contributed by atoms with Gasteiger partial charge in [-0.3, -0.25) is 4.79 Å². The largest absolute Gasteiger partial charge is 0.293 e. The van der Waals surface area contributed by atoms with Gasteiger partial charge in [-0.15, -0.1) is 5.21 Å². The molecule has 3 nitrogen and oxygen atoms in total. The molecule has 0 saturated carbocycles. The molecule has 0 aromatic carbocycles. The topological polar surface area (TPSA) is 49.3 Å². The molecular formula is C4H6NO2. The van der Waals surface area contributed by atoms with Crippen LogP contribution in [0.2, 0.25) is 0 Å². The van der Waals surface area contributed by atoms with E-state index in [0.29, 0.717) is 0 Å². The van der Waals surface area contributed by atoms with E-state index in [1.807, 2.05) is 0 Å². The molecule has 0 aromatic heterocycles. The van der Waals surface area contributed by atoms with Crippen LogP contribution in [-0.4, -0.2) is 11.5 Å². The highest BCUT2D eigenvalue weighted by molar-refractivity contribution is 6.37. The summed E-state index contributed by atoms with van der Waals surface area (Å²) >= 11 is 0. The van der Waals surface area contributed by atoms with E-state index < -0.39 is 0 Å².